The lowest BCUT2D eigenvalue weighted by Gasteiger charge is -2.27. The van der Waals surface area contributed by atoms with Crippen molar-refractivity contribution in [1.29, 1.82) is 0 Å². The third-order valence-electron chi connectivity index (χ3n) is 4.71. The van der Waals surface area contributed by atoms with Crippen molar-refractivity contribution < 1.29 is 0 Å². The highest BCUT2D eigenvalue weighted by Gasteiger charge is 2.31. The Hall–Kier alpha value is -0.350. The van der Waals surface area contributed by atoms with Gasteiger partial charge in [0.15, 0.2) is 0 Å². The number of rotatable bonds is 6. The summed E-state index contributed by atoms with van der Waals surface area (Å²) >= 11 is 3.68. The van der Waals surface area contributed by atoms with Crippen molar-refractivity contribution in [2.24, 2.45) is 12.5 Å². The number of aromatic nitrogens is 2. The van der Waals surface area contributed by atoms with Crippen LogP contribution in [0.3, 0.4) is 0 Å². The fourth-order valence-electron chi connectivity index (χ4n) is 3.24. The van der Waals surface area contributed by atoms with E-state index in [9.17, 15) is 0 Å². The van der Waals surface area contributed by atoms with Crippen LogP contribution in [0.4, 0.5) is 0 Å². The first-order chi connectivity index (χ1) is 9.12. The van der Waals surface area contributed by atoms with Gasteiger partial charge in [0.05, 0.1) is 15.9 Å². The first-order valence-corrected chi connectivity index (χ1v) is 8.32. The van der Waals surface area contributed by atoms with E-state index in [2.05, 4.69) is 40.2 Å². The normalized spacial score (nSPS) is 18.1. The Morgan fingerprint density at radius 2 is 2.00 bits per heavy atom. The minimum absolute atomic E-state index is 0.554. The van der Waals surface area contributed by atoms with E-state index in [4.69, 9.17) is 0 Å². The molecule has 0 unspecified atom stereocenters. The van der Waals surface area contributed by atoms with Gasteiger partial charge in [0.25, 0.3) is 0 Å². The van der Waals surface area contributed by atoms with Gasteiger partial charge in [-0.2, -0.15) is 5.10 Å². The molecule has 2 rings (SSSR count). The second kappa shape index (κ2) is 6.40. The molecule has 0 aliphatic heterocycles. The predicted octanol–water partition coefficient (Wildman–Crippen LogP) is 3.81. The van der Waals surface area contributed by atoms with E-state index >= 15 is 0 Å². The Labute approximate surface area is 125 Å². The standard InChI is InChI=1S/C15H26BrN3/c1-4-12-14(16)13(19(3)18-12)10-17-11-15(5-2)8-6-7-9-15/h17H,4-11H2,1-3H3. The molecule has 0 saturated heterocycles. The van der Waals surface area contributed by atoms with Crippen LogP contribution < -0.4 is 5.32 Å². The van der Waals surface area contributed by atoms with Gasteiger partial charge in [-0.1, -0.05) is 26.7 Å². The monoisotopic (exact) mass is 327 g/mol. The molecule has 108 valence electrons. The zero-order valence-electron chi connectivity index (χ0n) is 12.4. The van der Waals surface area contributed by atoms with Crippen LogP contribution in [-0.4, -0.2) is 16.3 Å². The van der Waals surface area contributed by atoms with Crippen molar-refractivity contribution in [3.8, 4) is 0 Å². The molecule has 0 amide bonds. The highest BCUT2D eigenvalue weighted by Crippen LogP contribution is 2.40. The number of halogens is 1. The topological polar surface area (TPSA) is 29.9 Å². The van der Waals surface area contributed by atoms with Crippen LogP contribution in [0.25, 0.3) is 0 Å². The summed E-state index contributed by atoms with van der Waals surface area (Å²) in [6, 6.07) is 0. The fraction of sp³-hybridized carbons (Fsp3) is 0.800. The Morgan fingerprint density at radius 1 is 1.32 bits per heavy atom. The molecule has 0 bridgehead atoms. The van der Waals surface area contributed by atoms with Crippen LogP contribution in [0.2, 0.25) is 0 Å². The molecular formula is C15H26BrN3. The molecule has 1 fully saturated rings. The molecule has 1 aromatic rings. The van der Waals surface area contributed by atoms with E-state index in [1.165, 1.54) is 42.3 Å². The van der Waals surface area contributed by atoms with E-state index in [0.717, 1.165) is 25.2 Å². The Kier molecular flexibility index (Phi) is 5.07. The quantitative estimate of drug-likeness (QED) is 0.861. The lowest BCUT2D eigenvalue weighted by molar-refractivity contribution is 0.267. The maximum Gasteiger partial charge on any atom is 0.0767 e. The second-order valence-corrected chi connectivity index (χ2v) is 6.64. The maximum absolute atomic E-state index is 4.55. The highest BCUT2D eigenvalue weighted by atomic mass is 79.9. The van der Waals surface area contributed by atoms with E-state index in [1.54, 1.807) is 0 Å². The van der Waals surface area contributed by atoms with Gasteiger partial charge in [-0.05, 0) is 47.0 Å². The average Bonchev–Trinajstić information content (AvgIpc) is 2.98. The van der Waals surface area contributed by atoms with Crippen molar-refractivity contribution in [2.75, 3.05) is 6.54 Å². The van der Waals surface area contributed by atoms with Crippen molar-refractivity contribution in [3.05, 3.63) is 15.9 Å². The number of hydrogen-bond acceptors (Lipinski definition) is 2. The first kappa shape index (κ1) is 15.0. The minimum Gasteiger partial charge on any atom is -0.311 e. The maximum atomic E-state index is 4.55. The summed E-state index contributed by atoms with van der Waals surface area (Å²) in [6.07, 6.45) is 7.88. The van der Waals surface area contributed by atoms with Crippen molar-refractivity contribution >= 4 is 15.9 Å². The largest absolute Gasteiger partial charge is 0.311 e. The number of nitrogens with zero attached hydrogens (tertiary/aromatic N) is 2. The number of hydrogen-bond donors (Lipinski definition) is 1. The summed E-state index contributed by atoms with van der Waals surface area (Å²) in [5.74, 6) is 0. The number of nitrogens with one attached hydrogen (secondary N) is 1. The third-order valence-corrected chi connectivity index (χ3v) is 5.62. The van der Waals surface area contributed by atoms with Gasteiger partial charge in [0, 0.05) is 20.1 Å². The SMILES string of the molecule is CCc1nn(C)c(CNCC2(CC)CCCC2)c1Br. The van der Waals surface area contributed by atoms with Gasteiger partial charge in [0.2, 0.25) is 0 Å². The van der Waals surface area contributed by atoms with Crippen LogP contribution in [0, 0.1) is 5.41 Å². The van der Waals surface area contributed by atoms with Gasteiger partial charge in [-0.25, -0.2) is 0 Å². The van der Waals surface area contributed by atoms with E-state index in [-0.39, 0.29) is 0 Å². The molecule has 1 N–H and O–H groups in total. The summed E-state index contributed by atoms with van der Waals surface area (Å²) in [7, 11) is 2.03. The van der Waals surface area contributed by atoms with Crippen LogP contribution in [0.1, 0.15) is 57.3 Å². The summed E-state index contributed by atoms with van der Waals surface area (Å²) < 4.78 is 3.19. The summed E-state index contributed by atoms with van der Waals surface area (Å²) in [6.45, 7) is 6.53. The molecule has 1 aliphatic rings. The van der Waals surface area contributed by atoms with Crippen molar-refractivity contribution in [3.63, 3.8) is 0 Å². The van der Waals surface area contributed by atoms with E-state index in [0.29, 0.717) is 5.41 Å². The molecule has 0 atom stereocenters. The summed E-state index contributed by atoms with van der Waals surface area (Å²) in [4.78, 5) is 0. The van der Waals surface area contributed by atoms with E-state index < -0.39 is 0 Å². The van der Waals surface area contributed by atoms with E-state index in [1.807, 2.05) is 11.7 Å². The van der Waals surface area contributed by atoms with Gasteiger partial charge >= 0.3 is 0 Å². The molecule has 4 heteroatoms. The Balaban J connectivity index is 1.94. The van der Waals surface area contributed by atoms with Gasteiger partial charge in [-0.3, -0.25) is 4.68 Å². The minimum atomic E-state index is 0.554. The van der Waals surface area contributed by atoms with Crippen molar-refractivity contribution in [1.82, 2.24) is 15.1 Å². The lowest BCUT2D eigenvalue weighted by Crippen LogP contribution is -2.31. The summed E-state index contributed by atoms with van der Waals surface area (Å²) in [5.41, 5.74) is 2.98. The molecule has 3 nitrogen and oxygen atoms in total. The Morgan fingerprint density at radius 3 is 2.53 bits per heavy atom. The predicted molar refractivity (Wildman–Crippen MR) is 83.2 cm³/mol. The molecule has 0 aromatic carbocycles. The van der Waals surface area contributed by atoms with Crippen LogP contribution >= 0.6 is 15.9 Å². The van der Waals surface area contributed by atoms with Crippen molar-refractivity contribution in [2.45, 2.75) is 58.9 Å². The smallest absolute Gasteiger partial charge is 0.0767 e. The zero-order chi connectivity index (χ0) is 13.9. The molecule has 1 aromatic heterocycles. The third kappa shape index (κ3) is 3.22. The first-order valence-electron chi connectivity index (χ1n) is 7.53. The second-order valence-electron chi connectivity index (χ2n) is 5.85. The van der Waals surface area contributed by atoms with Gasteiger partial charge < -0.3 is 5.32 Å². The molecule has 1 aliphatic carbocycles. The molecule has 0 spiro atoms. The molecular weight excluding hydrogens is 302 g/mol. The Bertz CT molecular complexity index is 419. The molecule has 1 saturated carbocycles. The lowest BCUT2D eigenvalue weighted by atomic mass is 9.83. The van der Waals surface area contributed by atoms with Gasteiger partial charge in [0.1, 0.15) is 0 Å². The summed E-state index contributed by atoms with van der Waals surface area (Å²) in [5, 5.41) is 8.21. The van der Waals surface area contributed by atoms with Crippen LogP contribution in [0.5, 0.6) is 0 Å². The fourth-order valence-corrected chi connectivity index (χ4v) is 3.99. The van der Waals surface area contributed by atoms with Crippen LogP contribution in [0.15, 0.2) is 4.47 Å². The molecule has 0 radical (unpaired) electrons. The van der Waals surface area contributed by atoms with Crippen LogP contribution in [-0.2, 0) is 20.0 Å². The highest BCUT2D eigenvalue weighted by molar-refractivity contribution is 9.10. The molecule has 1 heterocycles. The molecule has 19 heavy (non-hydrogen) atoms. The average molecular weight is 328 g/mol. The zero-order valence-corrected chi connectivity index (χ0v) is 14.0. The van der Waals surface area contributed by atoms with Gasteiger partial charge in [-0.15, -0.1) is 0 Å². The number of aryl methyl sites for hydroxylation is 2.